The standard InChI is InChI=1S/C10H9NO/c1-7(12)10-9-5-3-2-4-8(9)6-11-10/h2-6,11H,1H3. The molecule has 0 unspecified atom stereocenters. The van der Waals surface area contributed by atoms with E-state index in [1.807, 2.05) is 30.5 Å². The largest absolute Gasteiger partial charge is 0.358 e. The Morgan fingerprint density at radius 3 is 2.83 bits per heavy atom. The minimum atomic E-state index is 0.0798. The van der Waals surface area contributed by atoms with Crippen molar-refractivity contribution in [3.8, 4) is 0 Å². The molecule has 0 aliphatic heterocycles. The first-order chi connectivity index (χ1) is 5.79. The van der Waals surface area contributed by atoms with Crippen LogP contribution in [0.15, 0.2) is 30.5 Å². The van der Waals surface area contributed by atoms with Crippen molar-refractivity contribution in [1.29, 1.82) is 0 Å². The van der Waals surface area contributed by atoms with Gasteiger partial charge in [-0.05, 0) is 5.39 Å². The highest BCUT2D eigenvalue weighted by molar-refractivity contribution is 6.05. The number of H-pyrrole nitrogens is 1. The van der Waals surface area contributed by atoms with Gasteiger partial charge in [0.05, 0.1) is 5.69 Å². The molecule has 1 heterocycles. The number of carbonyl (C=O) groups excluding carboxylic acids is 1. The zero-order valence-electron chi connectivity index (χ0n) is 6.79. The fourth-order valence-electron chi connectivity index (χ4n) is 1.37. The van der Waals surface area contributed by atoms with Crippen LogP contribution < -0.4 is 0 Å². The van der Waals surface area contributed by atoms with E-state index in [2.05, 4.69) is 4.98 Å². The van der Waals surface area contributed by atoms with Crippen molar-refractivity contribution in [1.82, 2.24) is 4.98 Å². The van der Waals surface area contributed by atoms with E-state index in [4.69, 9.17) is 0 Å². The van der Waals surface area contributed by atoms with Crippen molar-refractivity contribution in [2.45, 2.75) is 6.92 Å². The third-order valence-corrected chi connectivity index (χ3v) is 1.95. The number of ketones is 1. The summed E-state index contributed by atoms with van der Waals surface area (Å²) in [6.07, 6.45) is 1.85. The Balaban J connectivity index is 2.79. The molecule has 1 aromatic heterocycles. The molecule has 0 fully saturated rings. The number of Topliss-reactive ketones (excluding diaryl/α,β-unsaturated/α-hetero) is 1. The predicted octanol–water partition coefficient (Wildman–Crippen LogP) is 2.37. The van der Waals surface area contributed by atoms with E-state index in [1.165, 1.54) is 0 Å². The zero-order chi connectivity index (χ0) is 8.55. The van der Waals surface area contributed by atoms with Crippen LogP contribution in [-0.2, 0) is 0 Å². The lowest BCUT2D eigenvalue weighted by Gasteiger charge is -1.90. The number of benzene rings is 1. The molecule has 0 amide bonds. The van der Waals surface area contributed by atoms with Gasteiger partial charge in [0.25, 0.3) is 0 Å². The zero-order valence-corrected chi connectivity index (χ0v) is 6.79. The summed E-state index contributed by atoms with van der Waals surface area (Å²) in [7, 11) is 0. The van der Waals surface area contributed by atoms with Gasteiger partial charge in [0.15, 0.2) is 5.78 Å². The van der Waals surface area contributed by atoms with Crippen molar-refractivity contribution in [3.05, 3.63) is 36.2 Å². The third-order valence-electron chi connectivity index (χ3n) is 1.95. The fourth-order valence-corrected chi connectivity index (χ4v) is 1.37. The summed E-state index contributed by atoms with van der Waals surface area (Å²) in [5.41, 5.74) is 0.700. The Bertz CT molecular complexity index is 428. The van der Waals surface area contributed by atoms with Crippen LogP contribution in [0, 0.1) is 0 Å². The van der Waals surface area contributed by atoms with Gasteiger partial charge in [-0.1, -0.05) is 24.3 Å². The average Bonchev–Trinajstić information content (AvgIpc) is 2.47. The van der Waals surface area contributed by atoms with Crippen LogP contribution in [0.5, 0.6) is 0 Å². The first kappa shape index (κ1) is 7.10. The molecule has 0 atom stereocenters. The number of nitrogens with one attached hydrogen (secondary N) is 1. The van der Waals surface area contributed by atoms with Gasteiger partial charge in [-0.15, -0.1) is 0 Å². The van der Waals surface area contributed by atoms with Crippen LogP contribution in [-0.4, -0.2) is 10.8 Å². The van der Waals surface area contributed by atoms with E-state index in [1.54, 1.807) is 6.92 Å². The second kappa shape index (κ2) is 2.48. The molecule has 0 saturated carbocycles. The highest BCUT2D eigenvalue weighted by Crippen LogP contribution is 2.17. The molecule has 2 heteroatoms. The van der Waals surface area contributed by atoms with Crippen LogP contribution in [0.25, 0.3) is 10.8 Å². The quantitative estimate of drug-likeness (QED) is 0.636. The number of hydrogen-bond donors (Lipinski definition) is 1. The van der Waals surface area contributed by atoms with E-state index in [9.17, 15) is 4.79 Å². The second-order valence-electron chi connectivity index (χ2n) is 2.81. The summed E-state index contributed by atoms with van der Waals surface area (Å²) in [5.74, 6) is 0.0798. The Morgan fingerprint density at radius 1 is 1.33 bits per heavy atom. The normalized spacial score (nSPS) is 10.4. The smallest absolute Gasteiger partial charge is 0.176 e. The van der Waals surface area contributed by atoms with Crippen molar-refractivity contribution in [2.24, 2.45) is 0 Å². The maximum atomic E-state index is 11.1. The molecular formula is C10H9NO. The molecule has 0 aliphatic rings. The second-order valence-corrected chi connectivity index (χ2v) is 2.81. The van der Waals surface area contributed by atoms with Gasteiger partial charge in [0, 0.05) is 18.5 Å². The molecule has 0 radical (unpaired) electrons. The van der Waals surface area contributed by atoms with Gasteiger partial charge in [0.1, 0.15) is 0 Å². The van der Waals surface area contributed by atoms with Gasteiger partial charge >= 0.3 is 0 Å². The SMILES string of the molecule is CC(=O)c1[nH]cc2ccccc12. The number of hydrogen-bond acceptors (Lipinski definition) is 1. The van der Waals surface area contributed by atoms with E-state index in [0.29, 0.717) is 5.69 Å². The lowest BCUT2D eigenvalue weighted by molar-refractivity contribution is 0.101. The molecule has 1 aromatic carbocycles. The minimum absolute atomic E-state index is 0.0798. The van der Waals surface area contributed by atoms with E-state index >= 15 is 0 Å². The first-order valence-corrected chi connectivity index (χ1v) is 3.86. The van der Waals surface area contributed by atoms with Crippen molar-refractivity contribution in [2.75, 3.05) is 0 Å². The van der Waals surface area contributed by atoms with Gasteiger partial charge in [-0.2, -0.15) is 0 Å². The molecule has 0 spiro atoms. The fraction of sp³-hybridized carbons (Fsp3) is 0.100. The molecular weight excluding hydrogens is 150 g/mol. The Kier molecular flexibility index (Phi) is 1.47. The van der Waals surface area contributed by atoms with Crippen molar-refractivity contribution in [3.63, 3.8) is 0 Å². The summed E-state index contributed by atoms with van der Waals surface area (Å²) < 4.78 is 0. The van der Waals surface area contributed by atoms with Gasteiger partial charge < -0.3 is 4.98 Å². The van der Waals surface area contributed by atoms with Crippen molar-refractivity contribution < 1.29 is 4.79 Å². The van der Waals surface area contributed by atoms with Crippen LogP contribution >= 0.6 is 0 Å². The molecule has 0 bridgehead atoms. The lowest BCUT2D eigenvalue weighted by Crippen LogP contribution is -1.91. The van der Waals surface area contributed by atoms with Crippen molar-refractivity contribution >= 4 is 16.6 Å². The molecule has 0 aliphatic carbocycles. The van der Waals surface area contributed by atoms with Gasteiger partial charge in [-0.3, -0.25) is 4.79 Å². The molecule has 2 nitrogen and oxygen atoms in total. The minimum Gasteiger partial charge on any atom is -0.358 e. The number of aromatic nitrogens is 1. The topological polar surface area (TPSA) is 32.9 Å². The molecule has 12 heavy (non-hydrogen) atoms. The summed E-state index contributed by atoms with van der Waals surface area (Å²) in [4.78, 5) is 14.1. The monoisotopic (exact) mass is 159 g/mol. The molecule has 0 saturated heterocycles. The molecule has 2 aromatic rings. The number of aromatic amines is 1. The first-order valence-electron chi connectivity index (χ1n) is 3.86. The van der Waals surface area contributed by atoms with E-state index < -0.39 is 0 Å². The predicted molar refractivity (Wildman–Crippen MR) is 48.3 cm³/mol. The van der Waals surface area contributed by atoms with Gasteiger partial charge in [0.2, 0.25) is 0 Å². The third kappa shape index (κ3) is 0.925. The van der Waals surface area contributed by atoms with Crippen LogP contribution in [0.1, 0.15) is 17.4 Å². The van der Waals surface area contributed by atoms with Crippen LogP contribution in [0.4, 0.5) is 0 Å². The summed E-state index contributed by atoms with van der Waals surface area (Å²) in [6, 6.07) is 7.82. The maximum absolute atomic E-state index is 11.1. The molecule has 60 valence electrons. The Morgan fingerprint density at radius 2 is 2.08 bits per heavy atom. The molecule has 2 rings (SSSR count). The highest BCUT2D eigenvalue weighted by Gasteiger charge is 2.05. The molecule has 1 N–H and O–H groups in total. The Labute approximate surface area is 70.2 Å². The average molecular weight is 159 g/mol. The number of carbonyl (C=O) groups is 1. The van der Waals surface area contributed by atoms with Crippen LogP contribution in [0.2, 0.25) is 0 Å². The summed E-state index contributed by atoms with van der Waals surface area (Å²) >= 11 is 0. The van der Waals surface area contributed by atoms with E-state index in [-0.39, 0.29) is 5.78 Å². The van der Waals surface area contributed by atoms with Crippen LogP contribution in [0.3, 0.4) is 0 Å². The highest BCUT2D eigenvalue weighted by atomic mass is 16.1. The lowest BCUT2D eigenvalue weighted by atomic mass is 10.1. The maximum Gasteiger partial charge on any atom is 0.176 e. The number of rotatable bonds is 1. The summed E-state index contributed by atoms with van der Waals surface area (Å²) in [5, 5.41) is 2.09. The van der Waals surface area contributed by atoms with Gasteiger partial charge in [-0.25, -0.2) is 0 Å². The summed E-state index contributed by atoms with van der Waals surface area (Å²) in [6.45, 7) is 1.57. The number of fused-ring (bicyclic) bond motifs is 1. The Hall–Kier alpha value is -1.57. The van der Waals surface area contributed by atoms with E-state index in [0.717, 1.165) is 10.8 Å².